The van der Waals surface area contributed by atoms with E-state index in [1.165, 1.54) is 7.11 Å². The van der Waals surface area contributed by atoms with Gasteiger partial charge < -0.3 is 19.5 Å². The van der Waals surface area contributed by atoms with Crippen molar-refractivity contribution in [3.05, 3.63) is 21.7 Å². The number of ether oxygens (including phenoxy) is 3. The second-order valence-electron chi connectivity index (χ2n) is 5.93. The van der Waals surface area contributed by atoms with Crippen molar-refractivity contribution < 1.29 is 19.0 Å². The van der Waals surface area contributed by atoms with Crippen LogP contribution in [0.3, 0.4) is 0 Å². The van der Waals surface area contributed by atoms with Gasteiger partial charge in [0.15, 0.2) is 11.5 Å². The number of hydrogen-bond acceptors (Lipinski definition) is 5. The van der Waals surface area contributed by atoms with Gasteiger partial charge in [0.2, 0.25) is 0 Å². The number of methoxy groups -OCH3 is 1. The maximum absolute atomic E-state index is 11.9. The second-order valence-corrected chi connectivity index (χ2v) is 6.78. The molecule has 1 N–H and O–H groups in total. The third-order valence-electron chi connectivity index (χ3n) is 4.53. The molecule has 120 valence electrons. The van der Waals surface area contributed by atoms with Gasteiger partial charge in [-0.3, -0.25) is 0 Å². The first kappa shape index (κ1) is 15.6. The molecule has 0 amide bonds. The number of esters is 1. The quantitative estimate of drug-likeness (QED) is 0.812. The van der Waals surface area contributed by atoms with E-state index in [9.17, 15) is 4.79 Å². The van der Waals surface area contributed by atoms with Crippen LogP contribution in [0.4, 0.5) is 0 Å². The molecular weight excluding hydrogens is 350 g/mol. The highest BCUT2D eigenvalue weighted by molar-refractivity contribution is 9.10. The fourth-order valence-electron chi connectivity index (χ4n) is 3.18. The Hall–Kier alpha value is -1.27. The molecule has 0 unspecified atom stereocenters. The Labute approximate surface area is 138 Å². The minimum Gasteiger partial charge on any atom is -0.465 e. The molecule has 0 bridgehead atoms. The molecule has 0 saturated carbocycles. The van der Waals surface area contributed by atoms with E-state index in [1.807, 2.05) is 13.8 Å². The number of carbonyl (C=O) groups excluding carboxylic acids is 1. The standard InChI is InChI=1S/C16H20BrNO4/c1-9-11(15(19)20-3)8-12(17)14-13(9)21-16(2,22-14)10-4-6-18-7-5-10/h8,10,18H,4-7H2,1-3H3/t16-/m0/s1. The number of benzene rings is 1. The maximum Gasteiger partial charge on any atom is 0.338 e. The Morgan fingerprint density at radius 3 is 2.64 bits per heavy atom. The van der Waals surface area contributed by atoms with Crippen molar-refractivity contribution in [1.82, 2.24) is 5.32 Å². The average molecular weight is 370 g/mol. The monoisotopic (exact) mass is 369 g/mol. The molecule has 1 fully saturated rings. The van der Waals surface area contributed by atoms with Gasteiger partial charge in [-0.2, -0.15) is 0 Å². The molecule has 0 radical (unpaired) electrons. The summed E-state index contributed by atoms with van der Waals surface area (Å²) in [5.74, 6) is 0.558. The van der Waals surface area contributed by atoms with Gasteiger partial charge in [0.1, 0.15) is 0 Å². The highest BCUT2D eigenvalue weighted by atomic mass is 79.9. The van der Waals surface area contributed by atoms with Crippen LogP contribution in [0, 0.1) is 12.8 Å². The zero-order chi connectivity index (χ0) is 15.9. The third-order valence-corrected chi connectivity index (χ3v) is 5.12. The van der Waals surface area contributed by atoms with Gasteiger partial charge in [-0.25, -0.2) is 4.79 Å². The van der Waals surface area contributed by atoms with E-state index in [4.69, 9.17) is 14.2 Å². The van der Waals surface area contributed by atoms with E-state index in [0.717, 1.165) is 31.5 Å². The molecular formula is C16H20BrNO4. The Bertz CT molecular complexity index is 613. The summed E-state index contributed by atoms with van der Waals surface area (Å²) in [5.41, 5.74) is 1.24. The van der Waals surface area contributed by atoms with Gasteiger partial charge in [0.25, 0.3) is 5.79 Å². The predicted molar refractivity (Wildman–Crippen MR) is 85.5 cm³/mol. The molecule has 0 aliphatic carbocycles. The number of hydrogen-bond donors (Lipinski definition) is 1. The van der Waals surface area contributed by atoms with Crippen LogP contribution in [0.2, 0.25) is 0 Å². The number of halogens is 1. The summed E-state index contributed by atoms with van der Waals surface area (Å²) >= 11 is 3.48. The normalized spacial score (nSPS) is 24.4. The predicted octanol–water partition coefficient (Wildman–Crippen LogP) is 3.03. The van der Waals surface area contributed by atoms with Gasteiger partial charge in [-0.1, -0.05) is 0 Å². The van der Waals surface area contributed by atoms with Crippen LogP contribution in [0.15, 0.2) is 10.5 Å². The lowest BCUT2D eigenvalue weighted by molar-refractivity contribution is -0.118. The number of rotatable bonds is 2. The van der Waals surface area contributed by atoms with Crippen molar-refractivity contribution in [3.63, 3.8) is 0 Å². The van der Waals surface area contributed by atoms with E-state index in [-0.39, 0.29) is 5.97 Å². The molecule has 1 aromatic rings. The lowest BCUT2D eigenvalue weighted by Crippen LogP contribution is -2.47. The van der Waals surface area contributed by atoms with E-state index in [2.05, 4.69) is 21.2 Å². The van der Waals surface area contributed by atoms with Gasteiger partial charge in [0.05, 0.1) is 17.1 Å². The lowest BCUT2D eigenvalue weighted by Gasteiger charge is -2.35. The van der Waals surface area contributed by atoms with Gasteiger partial charge in [0, 0.05) is 18.4 Å². The number of fused-ring (bicyclic) bond motifs is 1. The number of carbonyl (C=O) groups is 1. The number of piperidine rings is 1. The van der Waals surface area contributed by atoms with Crippen molar-refractivity contribution in [3.8, 4) is 11.5 Å². The van der Waals surface area contributed by atoms with E-state index >= 15 is 0 Å². The smallest absolute Gasteiger partial charge is 0.338 e. The van der Waals surface area contributed by atoms with E-state index < -0.39 is 5.79 Å². The fraction of sp³-hybridized carbons (Fsp3) is 0.562. The van der Waals surface area contributed by atoms with Crippen LogP contribution in [0.25, 0.3) is 0 Å². The van der Waals surface area contributed by atoms with Crippen molar-refractivity contribution in [2.24, 2.45) is 5.92 Å². The Morgan fingerprint density at radius 1 is 1.36 bits per heavy atom. The van der Waals surface area contributed by atoms with E-state index in [0.29, 0.717) is 27.5 Å². The fourth-order valence-corrected chi connectivity index (χ4v) is 3.67. The first-order chi connectivity index (χ1) is 10.5. The zero-order valence-electron chi connectivity index (χ0n) is 13.0. The maximum atomic E-state index is 11.9. The Balaban J connectivity index is 1.97. The first-order valence-corrected chi connectivity index (χ1v) is 8.25. The Kier molecular flexibility index (Phi) is 4.07. The largest absolute Gasteiger partial charge is 0.465 e. The highest BCUT2D eigenvalue weighted by Crippen LogP contribution is 2.50. The Morgan fingerprint density at radius 2 is 2.00 bits per heavy atom. The van der Waals surface area contributed by atoms with Gasteiger partial charge in [-0.05, 0) is 54.9 Å². The van der Waals surface area contributed by atoms with Crippen molar-refractivity contribution in [1.29, 1.82) is 0 Å². The third kappa shape index (κ3) is 2.48. The molecule has 0 aromatic heterocycles. The topological polar surface area (TPSA) is 56.8 Å². The minimum absolute atomic E-state index is 0.314. The summed E-state index contributed by atoms with van der Waals surface area (Å²) in [7, 11) is 1.37. The van der Waals surface area contributed by atoms with Crippen LogP contribution in [0.5, 0.6) is 11.5 Å². The highest BCUT2D eigenvalue weighted by Gasteiger charge is 2.46. The average Bonchev–Trinajstić information content (AvgIpc) is 2.91. The number of nitrogens with one attached hydrogen (secondary N) is 1. The summed E-state index contributed by atoms with van der Waals surface area (Å²) in [4.78, 5) is 11.9. The molecule has 2 aliphatic heterocycles. The summed E-state index contributed by atoms with van der Waals surface area (Å²) in [6, 6.07) is 1.73. The first-order valence-electron chi connectivity index (χ1n) is 7.46. The second kappa shape index (κ2) is 5.74. The van der Waals surface area contributed by atoms with Crippen LogP contribution in [-0.2, 0) is 4.74 Å². The van der Waals surface area contributed by atoms with Crippen LogP contribution < -0.4 is 14.8 Å². The minimum atomic E-state index is -0.688. The lowest BCUT2D eigenvalue weighted by atomic mass is 9.90. The molecule has 0 spiro atoms. The summed E-state index contributed by atoms with van der Waals surface area (Å²) < 4.78 is 17.9. The summed E-state index contributed by atoms with van der Waals surface area (Å²) in [6.07, 6.45) is 2.01. The zero-order valence-corrected chi connectivity index (χ0v) is 14.6. The van der Waals surface area contributed by atoms with Crippen molar-refractivity contribution >= 4 is 21.9 Å². The molecule has 1 atom stereocenters. The van der Waals surface area contributed by atoms with E-state index in [1.54, 1.807) is 6.07 Å². The summed E-state index contributed by atoms with van der Waals surface area (Å²) in [6.45, 7) is 5.77. The molecule has 3 rings (SSSR count). The van der Waals surface area contributed by atoms with Crippen LogP contribution >= 0.6 is 15.9 Å². The van der Waals surface area contributed by atoms with Crippen molar-refractivity contribution in [2.75, 3.05) is 20.2 Å². The molecule has 2 heterocycles. The van der Waals surface area contributed by atoms with Gasteiger partial charge in [-0.15, -0.1) is 0 Å². The SMILES string of the molecule is COC(=O)c1cc(Br)c2c(c1C)O[C@](C)(C1CCNCC1)O2. The molecule has 6 heteroatoms. The summed E-state index contributed by atoms with van der Waals surface area (Å²) in [5, 5.41) is 3.35. The molecule has 1 saturated heterocycles. The molecule has 5 nitrogen and oxygen atoms in total. The van der Waals surface area contributed by atoms with Crippen LogP contribution in [-0.4, -0.2) is 32.0 Å². The van der Waals surface area contributed by atoms with Crippen LogP contribution in [0.1, 0.15) is 35.7 Å². The molecule has 1 aromatic carbocycles. The molecule has 22 heavy (non-hydrogen) atoms. The molecule has 2 aliphatic rings. The van der Waals surface area contributed by atoms with Gasteiger partial charge >= 0.3 is 5.97 Å². The van der Waals surface area contributed by atoms with Crippen molar-refractivity contribution in [2.45, 2.75) is 32.5 Å².